The summed E-state index contributed by atoms with van der Waals surface area (Å²) in [6.45, 7) is 0. The molecule has 0 aromatic heterocycles. The predicted molar refractivity (Wildman–Crippen MR) is 85.5 cm³/mol. The van der Waals surface area contributed by atoms with Gasteiger partial charge in [0, 0.05) is 0 Å². The molecule has 0 amide bonds. The lowest BCUT2D eigenvalue weighted by molar-refractivity contribution is 0.228. The summed E-state index contributed by atoms with van der Waals surface area (Å²) in [5, 5.41) is 0. The molecule has 3 rings (SSSR count). The zero-order valence-corrected chi connectivity index (χ0v) is 14.3. The van der Waals surface area contributed by atoms with E-state index in [0.717, 1.165) is 35.7 Å². The maximum absolute atomic E-state index is 11.2. The van der Waals surface area contributed by atoms with Crippen molar-refractivity contribution in [2.24, 2.45) is 4.99 Å². The average molecular weight is 386 g/mol. The molecule has 0 atom stereocenters. The summed E-state index contributed by atoms with van der Waals surface area (Å²) >= 11 is 3.47. The highest BCUT2D eigenvalue weighted by atomic mass is 79.9. The minimum absolute atomic E-state index is 0.0700. The van der Waals surface area contributed by atoms with Gasteiger partial charge in [0.1, 0.15) is 11.9 Å². The van der Waals surface area contributed by atoms with Crippen molar-refractivity contribution < 1.29 is 17.9 Å². The summed E-state index contributed by atoms with van der Waals surface area (Å²) in [6.07, 6.45) is 5.20. The molecule has 1 heterocycles. The van der Waals surface area contributed by atoms with Gasteiger partial charge < -0.3 is 4.74 Å². The van der Waals surface area contributed by atoms with Crippen molar-refractivity contribution in [3.05, 3.63) is 28.2 Å². The van der Waals surface area contributed by atoms with E-state index in [1.54, 1.807) is 6.08 Å². The number of sulfone groups is 1. The van der Waals surface area contributed by atoms with Gasteiger partial charge in [0.2, 0.25) is 6.08 Å². The molecule has 0 unspecified atom stereocenters. The van der Waals surface area contributed by atoms with E-state index in [1.807, 2.05) is 18.2 Å². The molecule has 1 aromatic rings. The molecule has 0 spiro atoms. The smallest absolute Gasteiger partial charge is 0.235 e. The molecule has 0 bridgehead atoms. The minimum Gasteiger partial charge on any atom is -0.487 e. The van der Waals surface area contributed by atoms with Crippen molar-refractivity contribution >= 4 is 31.8 Å². The van der Waals surface area contributed by atoms with E-state index in [4.69, 9.17) is 4.74 Å². The van der Waals surface area contributed by atoms with Gasteiger partial charge in [-0.25, -0.2) is 13.2 Å². The van der Waals surface area contributed by atoms with Crippen LogP contribution in [-0.2, 0) is 20.2 Å². The summed E-state index contributed by atoms with van der Waals surface area (Å²) < 4.78 is 28.8. The SMILES string of the molecule is O=C=NC1(c2ccc(OC3CS(=O)(=O)C3)c(Br)c2)CCCC1. The number of ether oxygens (including phenoxy) is 1. The maximum atomic E-state index is 11.2. The Morgan fingerprint density at radius 2 is 1.95 bits per heavy atom. The minimum atomic E-state index is -2.90. The van der Waals surface area contributed by atoms with Crippen LogP contribution in [0.4, 0.5) is 0 Å². The zero-order chi connectivity index (χ0) is 15.8. The molecule has 2 aliphatic rings. The largest absolute Gasteiger partial charge is 0.487 e. The second kappa shape index (κ2) is 5.80. The normalized spacial score (nSPS) is 22.6. The van der Waals surface area contributed by atoms with Crippen LogP contribution in [-0.4, -0.2) is 32.1 Å². The van der Waals surface area contributed by atoms with E-state index in [1.165, 1.54) is 0 Å². The Bertz CT molecular complexity index is 722. The van der Waals surface area contributed by atoms with Gasteiger partial charge in [-0.15, -0.1) is 0 Å². The monoisotopic (exact) mass is 385 g/mol. The van der Waals surface area contributed by atoms with Gasteiger partial charge in [0.15, 0.2) is 9.84 Å². The molecule has 1 aromatic carbocycles. The van der Waals surface area contributed by atoms with Gasteiger partial charge in [-0.1, -0.05) is 18.9 Å². The van der Waals surface area contributed by atoms with Gasteiger partial charge in [0.25, 0.3) is 0 Å². The number of aliphatic imine (C=N–C) groups is 1. The number of isocyanates is 1. The van der Waals surface area contributed by atoms with Gasteiger partial charge >= 0.3 is 0 Å². The molecular weight excluding hydrogens is 370 g/mol. The van der Waals surface area contributed by atoms with Crippen LogP contribution in [0.3, 0.4) is 0 Å². The number of halogens is 1. The highest BCUT2D eigenvalue weighted by Crippen LogP contribution is 2.44. The first kappa shape index (κ1) is 15.7. The Balaban J connectivity index is 1.81. The first-order chi connectivity index (χ1) is 10.4. The number of benzene rings is 1. The molecule has 1 saturated carbocycles. The Kier molecular flexibility index (Phi) is 4.14. The fraction of sp³-hybridized carbons (Fsp3) is 0.533. The molecule has 1 aliphatic heterocycles. The predicted octanol–water partition coefficient (Wildman–Crippen LogP) is 2.73. The second-order valence-corrected chi connectivity index (χ2v) is 8.91. The van der Waals surface area contributed by atoms with Crippen molar-refractivity contribution in [3.8, 4) is 5.75 Å². The maximum Gasteiger partial charge on any atom is 0.235 e. The van der Waals surface area contributed by atoms with Crippen molar-refractivity contribution in [3.63, 3.8) is 0 Å². The Labute approximate surface area is 137 Å². The van der Waals surface area contributed by atoms with E-state index in [2.05, 4.69) is 20.9 Å². The fourth-order valence-electron chi connectivity index (χ4n) is 3.16. The third kappa shape index (κ3) is 2.98. The Morgan fingerprint density at radius 3 is 2.50 bits per heavy atom. The summed E-state index contributed by atoms with van der Waals surface area (Å²) in [5.74, 6) is 0.757. The van der Waals surface area contributed by atoms with Gasteiger partial charge in [-0.05, 0) is 46.5 Å². The summed E-state index contributed by atoms with van der Waals surface area (Å²) in [7, 11) is -2.90. The molecule has 1 saturated heterocycles. The summed E-state index contributed by atoms with van der Waals surface area (Å²) in [6, 6.07) is 5.62. The standard InChI is InChI=1S/C15H16BrNO4S/c16-13-7-11(15(17-10-18)5-1-2-6-15)3-4-14(13)21-12-8-22(19,20)9-12/h3-4,7,12H,1-2,5-6,8-9H2. The molecule has 2 fully saturated rings. The molecule has 5 nitrogen and oxygen atoms in total. The van der Waals surface area contributed by atoms with Crippen LogP contribution in [0.25, 0.3) is 0 Å². The van der Waals surface area contributed by atoms with Crippen molar-refractivity contribution in [1.82, 2.24) is 0 Å². The topological polar surface area (TPSA) is 72.8 Å². The number of hydrogen-bond acceptors (Lipinski definition) is 5. The van der Waals surface area contributed by atoms with Crippen molar-refractivity contribution in [2.45, 2.75) is 37.3 Å². The van der Waals surface area contributed by atoms with Crippen LogP contribution in [0.15, 0.2) is 27.7 Å². The lowest BCUT2D eigenvalue weighted by atomic mass is 9.89. The summed E-state index contributed by atoms with van der Waals surface area (Å²) in [4.78, 5) is 14.8. The zero-order valence-electron chi connectivity index (χ0n) is 11.9. The quantitative estimate of drug-likeness (QED) is 0.589. The number of rotatable bonds is 4. The van der Waals surface area contributed by atoms with Crippen molar-refractivity contribution in [1.29, 1.82) is 0 Å². The van der Waals surface area contributed by atoms with Crippen molar-refractivity contribution in [2.75, 3.05) is 11.5 Å². The van der Waals surface area contributed by atoms with Crippen LogP contribution < -0.4 is 4.74 Å². The lowest BCUT2D eigenvalue weighted by Crippen LogP contribution is -2.45. The highest BCUT2D eigenvalue weighted by molar-refractivity contribution is 9.10. The molecule has 22 heavy (non-hydrogen) atoms. The van der Waals surface area contributed by atoms with Gasteiger partial charge in [-0.3, -0.25) is 0 Å². The lowest BCUT2D eigenvalue weighted by Gasteiger charge is -2.28. The first-order valence-electron chi connectivity index (χ1n) is 7.20. The highest BCUT2D eigenvalue weighted by Gasteiger charge is 2.37. The molecule has 1 aliphatic carbocycles. The van der Waals surface area contributed by atoms with E-state index < -0.39 is 15.4 Å². The molecule has 7 heteroatoms. The van der Waals surface area contributed by atoms with Gasteiger partial charge in [0.05, 0.1) is 21.5 Å². The first-order valence-corrected chi connectivity index (χ1v) is 9.82. The summed E-state index contributed by atoms with van der Waals surface area (Å²) in [5.41, 5.74) is 0.497. The van der Waals surface area contributed by atoms with E-state index in [0.29, 0.717) is 5.75 Å². The molecule has 0 N–H and O–H groups in total. The van der Waals surface area contributed by atoms with Crippen LogP contribution in [0, 0.1) is 0 Å². The second-order valence-electron chi connectivity index (χ2n) is 5.90. The number of hydrogen-bond donors (Lipinski definition) is 0. The van der Waals surface area contributed by atoms with E-state index >= 15 is 0 Å². The van der Waals surface area contributed by atoms with E-state index in [-0.39, 0.29) is 17.6 Å². The molecule has 0 radical (unpaired) electrons. The fourth-order valence-corrected chi connectivity index (χ4v) is 4.81. The van der Waals surface area contributed by atoms with Crippen LogP contribution in [0.5, 0.6) is 5.75 Å². The van der Waals surface area contributed by atoms with Crippen LogP contribution >= 0.6 is 15.9 Å². The number of nitrogens with zero attached hydrogens (tertiary/aromatic N) is 1. The Hall–Kier alpha value is -1.17. The third-order valence-corrected chi connectivity index (χ3v) is 6.71. The average Bonchev–Trinajstić information content (AvgIpc) is 2.89. The van der Waals surface area contributed by atoms with Gasteiger partial charge in [-0.2, -0.15) is 4.99 Å². The third-order valence-electron chi connectivity index (χ3n) is 4.33. The van der Waals surface area contributed by atoms with Crippen LogP contribution in [0.2, 0.25) is 0 Å². The Morgan fingerprint density at radius 1 is 1.27 bits per heavy atom. The molecule has 118 valence electrons. The molecular formula is C15H16BrNO4S. The van der Waals surface area contributed by atoms with Crippen LogP contribution in [0.1, 0.15) is 31.2 Å². The van der Waals surface area contributed by atoms with E-state index in [9.17, 15) is 13.2 Å². The number of carbonyl (C=O) groups excluding carboxylic acids is 1.